The molecule has 0 aromatic carbocycles. The fourth-order valence-electron chi connectivity index (χ4n) is 3.11. The summed E-state index contributed by atoms with van der Waals surface area (Å²) in [5, 5.41) is 14.6. The standard InChI is InChI=1S/C15H24N2O2S/c16-14(19)12-8-13(20-10-12)9-17-11-15(6-7-18)4-2-1-3-5-15/h8,10,17-18H,1-7,9,11H2,(H2,16,19). The molecule has 20 heavy (non-hydrogen) atoms. The zero-order chi connectivity index (χ0) is 14.4. The first kappa shape index (κ1) is 15.5. The number of primary amides is 1. The molecule has 1 aliphatic carbocycles. The van der Waals surface area contributed by atoms with E-state index in [2.05, 4.69) is 5.32 Å². The molecule has 1 saturated carbocycles. The molecule has 112 valence electrons. The summed E-state index contributed by atoms with van der Waals surface area (Å²) in [6.45, 7) is 1.98. The van der Waals surface area contributed by atoms with E-state index in [1.54, 1.807) is 11.3 Å². The third kappa shape index (κ3) is 4.04. The molecule has 0 atom stereocenters. The van der Waals surface area contributed by atoms with Crippen molar-refractivity contribution >= 4 is 17.2 Å². The second-order valence-corrected chi connectivity index (χ2v) is 6.80. The summed E-state index contributed by atoms with van der Waals surface area (Å²) in [5.41, 5.74) is 6.11. The number of aliphatic hydroxyl groups excluding tert-OH is 1. The summed E-state index contributed by atoms with van der Waals surface area (Å²) < 4.78 is 0. The summed E-state index contributed by atoms with van der Waals surface area (Å²) in [6.07, 6.45) is 7.16. The number of thiophene rings is 1. The van der Waals surface area contributed by atoms with Crippen LogP contribution in [0.5, 0.6) is 0 Å². The molecule has 0 radical (unpaired) electrons. The van der Waals surface area contributed by atoms with Crippen LogP contribution >= 0.6 is 11.3 Å². The second-order valence-electron chi connectivity index (χ2n) is 5.80. The van der Waals surface area contributed by atoms with Crippen LogP contribution < -0.4 is 11.1 Å². The lowest BCUT2D eigenvalue weighted by Crippen LogP contribution is -2.36. The normalized spacial score (nSPS) is 18.1. The van der Waals surface area contributed by atoms with Crippen molar-refractivity contribution in [2.45, 2.75) is 45.1 Å². The van der Waals surface area contributed by atoms with Crippen molar-refractivity contribution < 1.29 is 9.90 Å². The second kappa shape index (κ2) is 7.20. The lowest BCUT2D eigenvalue weighted by Gasteiger charge is -2.37. The van der Waals surface area contributed by atoms with Gasteiger partial charge in [-0.05, 0) is 30.7 Å². The van der Waals surface area contributed by atoms with Gasteiger partial charge in [0.15, 0.2) is 0 Å². The lowest BCUT2D eigenvalue weighted by molar-refractivity contribution is 0.100. The van der Waals surface area contributed by atoms with Crippen molar-refractivity contribution in [3.8, 4) is 0 Å². The highest BCUT2D eigenvalue weighted by Gasteiger charge is 2.30. The maximum Gasteiger partial charge on any atom is 0.249 e. The van der Waals surface area contributed by atoms with Gasteiger partial charge in [-0.2, -0.15) is 0 Å². The van der Waals surface area contributed by atoms with Crippen molar-refractivity contribution in [1.29, 1.82) is 0 Å². The summed E-state index contributed by atoms with van der Waals surface area (Å²) in [5.74, 6) is -0.364. The van der Waals surface area contributed by atoms with Crippen molar-refractivity contribution in [3.63, 3.8) is 0 Å². The first-order valence-electron chi connectivity index (χ1n) is 7.34. The van der Waals surface area contributed by atoms with E-state index in [-0.39, 0.29) is 17.9 Å². The molecule has 1 aromatic rings. The molecule has 1 aromatic heterocycles. The van der Waals surface area contributed by atoms with E-state index in [9.17, 15) is 9.90 Å². The van der Waals surface area contributed by atoms with E-state index in [4.69, 9.17) is 5.73 Å². The van der Waals surface area contributed by atoms with Crippen LogP contribution in [0.4, 0.5) is 0 Å². The Labute approximate surface area is 124 Å². The Morgan fingerprint density at radius 1 is 1.40 bits per heavy atom. The Morgan fingerprint density at radius 3 is 2.75 bits per heavy atom. The summed E-state index contributed by atoms with van der Waals surface area (Å²) >= 11 is 1.56. The van der Waals surface area contributed by atoms with Crippen LogP contribution in [-0.4, -0.2) is 24.2 Å². The highest BCUT2D eigenvalue weighted by Crippen LogP contribution is 2.38. The van der Waals surface area contributed by atoms with Gasteiger partial charge in [0.2, 0.25) is 5.91 Å². The van der Waals surface area contributed by atoms with Crippen LogP contribution in [0.15, 0.2) is 11.4 Å². The molecule has 5 heteroatoms. The highest BCUT2D eigenvalue weighted by atomic mass is 32.1. The molecule has 0 bridgehead atoms. The van der Waals surface area contributed by atoms with E-state index >= 15 is 0 Å². The van der Waals surface area contributed by atoms with Gasteiger partial charge >= 0.3 is 0 Å². The van der Waals surface area contributed by atoms with Gasteiger partial charge in [0.05, 0.1) is 5.56 Å². The van der Waals surface area contributed by atoms with Gasteiger partial charge in [-0.15, -0.1) is 11.3 Å². The predicted octanol–water partition coefficient (Wildman–Crippen LogP) is 2.27. The molecule has 2 rings (SSSR count). The van der Waals surface area contributed by atoms with Crippen LogP contribution in [0.1, 0.15) is 53.8 Å². The summed E-state index contributed by atoms with van der Waals surface area (Å²) in [7, 11) is 0. The smallest absolute Gasteiger partial charge is 0.249 e. The Hall–Kier alpha value is -0.910. The Balaban J connectivity index is 1.84. The predicted molar refractivity (Wildman–Crippen MR) is 81.8 cm³/mol. The van der Waals surface area contributed by atoms with Crippen LogP contribution in [0.3, 0.4) is 0 Å². The summed E-state index contributed by atoms with van der Waals surface area (Å²) in [4.78, 5) is 12.2. The molecule has 1 heterocycles. The minimum Gasteiger partial charge on any atom is -0.396 e. The van der Waals surface area contributed by atoms with Crippen LogP contribution in [0.2, 0.25) is 0 Å². The third-order valence-corrected chi connectivity index (χ3v) is 5.23. The van der Waals surface area contributed by atoms with Gasteiger partial charge in [-0.25, -0.2) is 0 Å². The van der Waals surface area contributed by atoms with Crippen molar-refractivity contribution in [1.82, 2.24) is 5.32 Å². The fraction of sp³-hybridized carbons (Fsp3) is 0.667. The van der Waals surface area contributed by atoms with Crippen molar-refractivity contribution in [2.24, 2.45) is 11.1 Å². The number of rotatable bonds is 7. The first-order chi connectivity index (χ1) is 9.65. The van der Waals surface area contributed by atoms with E-state index in [0.29, 0.717) is 5.56 Å². The number of hydrogen-bond donors (Lipinski definition) is 3. The van der Waals surface area contributed by atoms with E-state index < -0.39 is 0 Å². The molecule has 1 amide bonds. The topological polar surface area (TPSA) is 75.4 Å². The van der Waals surface area contributed by atoms with E-state index in [1.165, 1.54) is 32.1 Å². The Kier molecular flexibility index (Phi) is 5.57. The van der Waals surface area contributed by atoms with Gasteiger partial charge < -0.3 is 16.2 Å². The molecule has 0 aliphatic heterocycles. The highest BCUT2D eigenvalue weighted by molar-refractivity contribution is 7.10. The molecular weight excluding hydrogens is 272 g/mol. The molecule has 0 unspecified atom stereocenters. The minimum absolute atomic E-state index is 0.261. The first-order valence-corrected chi connectivity index (χ1v) is 8.22. The average molecular weight is 296 g/mol. The Bertz CT molecular complexity index is 433. The van der Waals surface area contributed by atoms with Crippen LogP contribution in [0, 0.1) is 5.41 Å². The number of aliphatic hydroxyl groups is 1. The van der Waals surface area contributed by atoms with Gasteiger partial charge in [0.25, 0.3) is 0 Å². The van der Waals surface area contributed by atoms with Crippen molar-refractivity contribution in [2.75, 3.05) is 13.2 Å². The number of nitrogens with two attached hydrogens (primary N) is 1. The minimum atomic E-state index is -0.364. The molecule has 4 N–H and O–H groups in total. The summed E-state index contributed by atoms with van der Waals surface area (Å²) in [6, 6.07) is 1.86. The SMILES string of the molecule is NC(=O)c1csc(CNCC2(CCO)CCCCC2)c1. The molecule has 1 fully saturated rings. The average Bonchev–Trinajstić information content (AvgIpc) is 2.89. The number of hydrogen-bond acceptors (Lipinski definition) is 4. The number of carbonyl (C=O) groups is 1. The largest absolute Gasteiger partial charge is 0.396 e. The monoisotopic (exact) mass is 296 g/mol. The Morgan fingerprint density at radius 2 is 2.15 bits per heavy atom. The fourth-order valence-corrected chi connectivity index (χ4v) is 3.95. The van der Waals surface area contributed by atoms with Crippen LogP contribution in [0.25, 0.3) is 0 Å². The molecule has 0 saturated heterocycles. The lowest BCUT2D eigenvalue weighted by atomic mass is 9.72. The molecule has 1 aliphatic rings. The number of carbonyl (C=O) groups excluding carboxylic acids is 1. The van der Waals surface area contributed by atoms with Gasteiger partial charge in [-0.3, -0.25) is 4.79 Å². The van der Waals surface area contributed by atoms with Crippen molar-refractivity contribution in [3.05, 3.63) is 21.9 Å². The maximum atomic E-state index is 11.1. The third-order valence-electron chi connectivity index (χ3n) is 4.29. The number of amides is 1. The van der Waals surface area contributed by atoms with E-state index in [0.717, 1.165) is 24.4 Å². The van der Waals surface area contributed by atoms with E-state index in [1.807, 2.05) is 11.4 Å². The zero-order valence-corrected chi connectivity index (χ0v) is 12.7. The van der Waals surface area contributed by atoms with Gasteiger partial charge in [-0.1, -0.05) is 19.3 Å². The number of nitrogens with one attached hydrogen (secondary N) is 1. The molecule has 0 spiro atoms. The van der Waals surface area contributed by atoms with Crippen LogP contribution in [-0.2, 0) is 6.54 Å². The zero-order valence-electron chi connectivity index (χ0n) is 11.9. The quantitative estimate of drug-likeness (QED) is 0.722. The van der Waals surface area contributed by atoms with Gasteiger partial charge in [0, 0.05) is 30.0 Å². The molecule has 4 nitrogen and oxygen atoms in total. The van der Waals surface area contributed by atoms with Gasteiger partial charge in [0.1, 0.15) is 0 Å². The molecular formula is C15H24N2O2S. The maximum absolute atomic E-state index is 11.1.